The maximum Gasteiger partial charge on any atom is 0.316 e. The Hall–Kier alpha value is -2.06. The van der Waals surface area contributed by atoms with E-state index in [4.69, 9.17) is 4.74 Å². The molecule has 0 fully saturated rings. The van der Waals surface area contributed by atoms with Crippen molar-refractivity contribution in [2.45, 2.75) is 26.1 Å². The van der Waals surface area contributed by atoms with Crippen LogP contribution in [0.4, 0.5) is 5.69 Å². The number of rotatable bonds is 4. The summed E-state index contributed by atoms with van der Waals surface area (Å²) in [4.78, 5) is 25.0. The number of carbonyl (C=O) groups is 2. The number of amides is 1. The second-order valence-corrected chi connectivity index (χ2v) is 10.4. The highest BCUT2D eigenvalue weighted by Crippen LogP contribution is 2.12. The Kier molecular flexibility index (Phi) is 6.19. The number of para-hydroxylation sites is 1. The van der Waals surface area contributed by atoms with Gasteiger partial charge in [0.05, 0.1) is 0 Å². The summed E-state index contributed by atoms with van der Waals surface area (Å²) in [6.45, 7) is 6.38. The van der Waals surface area contributed by atoms with Crippen LogP contribution >= 0.6 is 0 Å². The molecule has 5 heteroatoms. The first-order valence-corrected chi connectivity index (χ1v) is 10.3. The number of hydrogen-bond donors (Lipinski definition) is 0. The maximum absolute atomic E-state index is 11.9. The van der Waals surface area contributed by atoms with Crippen molar-refractivity contribution < 1.29 is 14.3 Å². The zero-order chi connectivity index (χ0) is 15.9. The van der Waals surface area contributed by atoms with Crippen molar-refractivity contribution in [1.82, 2.24) is 0 Å². The number of carbonyl (C=O) groups excluding carboxylic acids is 2. The van der Waals surface area contributed by atoms with Crippen molar-refractivity contribution in [3.8, 4) is 11.5 Å². The minimum absolute atomic E-state index is 0.0471. The van der Waals surface area contributed by atoms with Gasteiger partial charge in [0.25, 0.3) is 0 Å². The molecule has 0 aliphatic carbocycles. The van der Waals surface area contributed by atoms with Gasteiger partial charge in [-0.2, -0.15) is 0 Å². The van der Waals surface area contributed by atoms with Gasteiger partial charge in [0.15, 0.2) is 6.61 Å². The summed E-state index contributed by atoms with van der Waals surface area (Å²) in [5.74, 6) is 1.98. The van der Waals surface area contributed by atoms with Crippen molar-refractivity contribution in [3.05, 3.63) is 30.3 Å². The molecule has 0 bridgehead atoms. The van der Waals surface area contributed by atoms with Crippen molar-refractivity contribution in [2.75, 3.05) is 18.6 Å². The summed E-state index contributed by atoms with van der Waals surface area (Å²) in [6.07, 6.45) is -0.278. The number of anilines is 1. The second kappa shape index (κ2) is 7.65. The van der Waals surface area contributed by atoms with E-state index < -0.39 is 14.0 Å². The lowest BCUT2D eigenvalue weighted by Crippen LogP contribution is -2.28. The molecule has 0 radical (unpaired) electrons. The molecular weight excluding hydrogens is 282 g/mol. The SMILES string of the molecule is CN(C(=O)CC(=O)OCC#C[Si](C)(C)C)c1ccccc1. The van der Waals surface area contributed by atoms with Crippen LogP contribution in [0, 0.1) is 11.5 Å². The quantitative estimate of drug-likeness (QED) is 0.371. The molecule has 0 aliphatic rings. The van der Waals surface area contributed by atoms with Crippen molar-refractivity contribution in [1.29, 1.82) is 0 Å². The number of ether oxygens (including phenoxy) is 1. The first kappa shape index (κ1) is 17.0. The van der Waals surface area contributed by atoms with Gasteiger partial charge in [-0.15, -0.1) is 5.54 Å². The normalized spacial score (nSPS) is 10.3. The highest BCUT2D eigenvalue weighted by Gasteiger charge is 2.16. The summed E-state index contributed by atoms with van der Waals surface area (Å²) >= 11 is 0. The topological polar surface area (TPSA) is 46.6 Å². The molecular formula is C16H21NO3Si. The van der Waals surface area contributed by atoms with Gasteiger partial charge in [-0.3, -0.25) is 9.59 Å². The average Bonchev–Trinajstić information content (AvgIpc) is 2.42. The highest BCUT2D eigenvalue weighted by atomic mass is 28.3. The fourth-order valence-corrected chi connectivity index (χ4v) is 2.11. The highest BCUT2D eigenvalue weighted by molar-refractivity contribution is 6.83. The van der Waals surface area contributed by atoms with Gasteiger partial charge in [-0.1, -0.05) is 43.8 Å². The Morgan fingerprint density at radius 3 is 2.38 bits per heavy atom. The zero-order valence-corrected chi connectivity index (χ0v) is 14.0. The number of nitrogens with zero attached hydrogens (tertiary/aromatic N) is 1. The Morgan fingerprint density at radius 2 is 1.81 bits per heavy atom. The lowest BCUT2D eigenvalue weighted by Gasteiger charge is -2.16. The molecule has 0 N–H and O–H groups in total. The van der Waals surface area contributed by atoms with Crippen molar-refractivity contribution in [2.24, 2.45) is 0 Å². The lowest BCUT2D eigenvalue weighted by atomic mass is 10.3. The Balaban J connectivity index is 2.44. The monoisotopic (exact) mass is 303 g/mol. The number of hydrogen-bond acceptors (Lipinski definition) is 3. The van der Waals surface area contributed by atoms with Gasteiger partial charge in [0.1, 0.15) is 14.5 Å². The molecule has 4 nitrogen and oxygen atoms in total. The van der Waals surface area contributed by atoms with Gasteiger partial charge in [-0.05, 0) is 12.1 Å². The minimum Gasteiger partial charge on any atom is -0.452 e. The van der Waals surface area contributed by atoms with Crippen molar-refractivity contribution >= 4 is 25.6 Å². The first-order chi connectivity index (χ1) is 9.79. The van der Waals surface area contributed by atoms with Crippen LogP contribution < -0.4 is 4.90 Å². The molecule has 0 atom stereocenters. The number of benzene rings is 1. The zero-order valence-electron chi connectivity index (χ0n) is 13.0. The molecule has 0 aromatic heterocycles. The largest absolute Gasteiger partial charge is 0.452 e. The fourth-order valence-electron chi connectivity index (χ4n) is 1.51. The molecule has 0 saturated carbocycles. The maximum atomic E-state index is 11.9. The van der Waals surface area contributed by atoms with Gasteiger partial charge in [0.2, 0.25) is 5.91 Å². The van der Waals surface area contributed by atoms with Gasteiger partial charge in [-0.25, -0.2) is 0 Å². The molecule has 1 rings (SSSR count). The smallest absolute Gasteiger partial charge is 0.316 e. The predicted molar refractivity (Wildman–Crippen MR) is 86.6 cm³/mol. The third kappa shape index (κ3) is 6.77. The third-order valence-corrected chi connectivity index (χ3v) is 3.51. The molecule has 1 amide bonds. The molecule has 1 aromatic carbocycles. The summed E-state index contributed by atoms with van der Waals surface area (Å²) in [5.41, 5.74) is 3.84. The molecule has 112 valence electrons. The van der Waals surface area contributed by atoms with Crippen LogP contribution in [0.5, 0.6) is 0 Å². The molecule has 0 saturated heterocycles. The Bertz CT molecular complexity index is 552. The van der Waals surface area contributed by atoms with E-state index in [0.717, 1.165) is 5.69 Å². The molecule has 21 heavy (non-hydrogen) atoms. The van der Waals surface area contributed by atoms with E-state index in [9.17, 15) is 9.59 Å². The van der Waals surface area contributed by atoms with Crippen LogP contribution in [0.25, 0.3) is 0 Å². The predicted octanol–water partition coefficient (Wildman–Crippen LogP) is 2.46. The third-order valence-electron chi connectivity index (χ3n) is 2.58. The Morgan fingerprint density at radius 1 is 1.19 bits per heavy atom. The first-order valence-electron chi connectivity index (χ1n) is 6.77. The van der Waals surface area contributed by atoms with E-state index in [1.165, 1.54) is 4.90 Å². The van der Waals surface area contributed by atoms with E-state index in [1.807, 2.05) is 30.3 Å². The molecule has 0 heterocycles. The summed E-state index contributed by atoms with van der Waals surface area (Å²) < 4.78 is 4.96. The van der Waals surface area contributed by atoms with Gasteiger partial charge < -0.3 is 9.64 Å². The van der Waals surface area contributed by atoms with E-state index in [0.29, 0.717) is 0 Å². The standard InChI is InChI=1S/C16H21NO3Si/c1-17(14-9-6-5-7-10-14)15(18)13-16(19)20-11-8-12-21(2,3)4/h5-7,9-10H,11,13H2,1-4H3. The van der Waals surface area contributed by atoms with Crippen LogP contribution in [-0.2, 0) is 14.3 Å². The molecule has 1 aromatic rings. The fraction of sp³-hybridized carbons (Fsp3) is 0.375. The van der Waals surface area contributed by atoms with E-state index in [1.54, 1.807) is 7.05 Å². The van der Waals surface area contributed by atoms with E-state index in [2.05, 4.69) is 31.1 Å². The number of esters is 1. The molecule has 0 aliphatic heterocycles. The van der Waals surface area contributed by atoms with Crippen LogP contribution in [0.1, 0.15) is 6.42 Å². The van der Waals surface area contributed by atoms with E-state index >= 15 is 0 Å². The minimum atomic E-state index is -1.45. The molecule has 0 unspecified atom stereocenters. The average molecular weight is 303 g/mol. The summed E-state index contributed by atoms with van der Waals surface area (Å²) in [5, 5.41) is 0. The lowest BCUT2D eigenvalue weighted by molar-refractivity contribution is -0.144. The Labute approximate surface area is 127 Å². The summed E-state index contributed by atoms with van der Waals surface area (Å²) in [7, 11) is 0.184. The van der Waals surface area contributed by atoms with Crippen LogP contribution in [0.2, 0.25) is 19.6 Å². The van der Waals surface area contributed by atoms with Crippen molar-refractivity contribution in [3.63, 3.8) is 0 Å². The summed E-state index contributed by atoms with van der Waals surface area (Å²) in [6, 6.07) is 9.16. The van der Waals surface area contributed by atoms with Crippen LogP contribution in [-0.4, -0.2) is 33.6 Å². The van der Waals surface area contributed by atoms with Crippen LogP contribution in [0.15, 0.2) is 30.3 Å². The van der Waals surface area contributed by atoms with Gasteiger partial charge in [0, 0.05) is 12.7 Å². The van der Waals surface area contributed by atoms with Crippen LogP contribution in [0.3, 0.4) is 0 Å². The molecule has 0 spiro atoms. The second-order valence-electron chi connectivity index (χ2n) is 5.68. The van der Waals surface area contributed by atoms with Gasteiger partial charge >= 0.3 is 5.97 Å². The van der Waals surface area contributed by atoms with E-state index in [-0.39, 0.29) is 18.9 Å².